The smallest absolute Gasteiger partial charge is 0.371 e. The minimum absolute atomic E-state index is 0.0633. The topological polar surface area (TPSA) is 76.5 Å². The largest absolute Gasteiger partial charge is 0.475 e. The van der Waals surface area contributed by atoms with Crippen LogP contribution in [-0.4, -0.2) is 17.6 Å². The molecular formula is C8H9NO3. The van der Waals surface area contributed by atoms with Gasteiger partial charge in [-0.25, -0.2) is 4.79 Å². The van der Waals surface area contributed by atoms with Gasteiger partial charge in [-0.15, -0.1) is 0 Å². The van der Waals surface area contributed by atoms with E-state index in [1.807, 2.05) is 0 Å². The molecule has 0 amide bonds. The second-order valence-corrected chi connectivity index (χ2v) is 2.15. The number of rotatable bonds is 3. The van der Waals surface area contributed by atoms with Crippen LogP contribution in [0, 0.1) is 0 Å². The zero-order valence-electron chi connectivity index (χ0n) is 6.36. The van der Waals surface area contributed by atoms with Crippen molar-refractivity contribution in [1.29, 1.82) is 0 Å². The third-order valence-electron chi connectivity index (χ3n) is 1.26. The molecule has 0 aromatic carbocycles. The minimum Gasteiger partial charge on any atom is -0.475 e. The van der Waals surface area contributed by atoms with Crippen LogP contribution >= 0.6 is 0 Å². The fraction of sp³-hybridized carbons (Fsp3) is 0.125. The van der Waals surface area contributed by atoms with Gasteiger partial charge in [0, 0.05) is 6.54 Å². The number of aromatic carboxylic acids is 1. The van der Waals surface area contributed by atoms with Gasteiger partial charge in [0.25, 0.3) is 0 Å². The van der Waals surface area contributed by atoms with Crippen LogP contribution in [0.25, 0.3) is 6.08 Å². The summed E-state index contributed by atoms with van der Waals surface area (Å²) in [7, 11) is 0. The first-order valence-corrected chi connectivity index (χ1v) is 3.44. The number of furan rings is 1. The predicted molar refractivity (Wildman–Crippen MR) is 43.8 cm³/mol. The molecule has 0 saturated heterocycles. The summed E-state index contributed by atoms with van der Waals surface area (Å²) in [6.07, 6.45) is 3.32. The Hall–Kier alpha value is -1.55. The second-order valence-electron chi connectivity index (χ2n) is 2.15. The second kappa shape index (κ2) is 3.73. The van der Waals surface area contributed by atoms with Crippen molar-refractivity contribution in [2.45, 2.75) is 0 Å². The third-order valence-corrected chi connectivity index (χ3v) is 1.26. The van der Waals surface area contributed by atoms with Gasteiger partial charge in [0.2, 0.25) is 5.76 Å². The van der Waals surface area contributed by atoms with Gasteiger partial charge in [0.1, 0.15) is 5.76 Å². The standard InChI is InChI=1S/C8H9NO3/c9-5-1-2-6-3-4-7(12-6)8(10)11/h1-4H,5,9H2,(H,10,11). The van der Waals surface area contributed by atoms with Gasteiger partial charge < -0.3 is 15.3 Å². The van der Waals surface area contributed by atoms with E-state index in [1.165, 1.54) is 6.07 Å². The van der Waals surface area contributed by atoms with Gasteiger partial charge in [-0.05, 0) is 18.2 Å². The molecule has 1 rings (SSSR count). The van der Waals surface area contributed by atoms with Crippen LogP contribution in [0.2, 0.25) is 0 Å². The molecule has 0 radical (unpaired) electrons. The van der Waals surface area contributed by atoms with E-state index in [0.29, 0.717) is 12.3 Å². The lowest BCUT2D eigenvalue weighted by molar-refractivity contribution is 0.0662. The molecule has 0 bridgehead atoms. The highest BCUT2D eigenvalue weighted by atomic mass is 16.4. The summed E-state index contributed by atoms with van der Waals surface area (Å²) in [5.74, 6) is -0.632. The summed E-state index contributed by atoms with van der Waals surface area (Å²) < 4.78 is 4.91. The summed E-state index contributed by atoms with van der Waals surface area (Å²) in [5.41, 5.74) is 5.20. The number of carboxylic acid groups (broad SMARTS) is 1. The maximum atomic E-state index is 10.3. The lowest BCUT2D eigenvalue weighted by Gasteiger charge is -1.85. The Labute approximate surface area is 69.3 Å². The first-order chi connectivity index (χ1) is 5.74. The molecule has 0 saturated carbocycles. The molecule has 0 fully saturated rings. The molecule has 3 N–H and O–H groups in total. The summed E-state index contributed by atoms with van der Waals surface area (Å²) in [5, 5.41) is 8.48. The van der Waals surface area contributed by atoms with E-state index >= 15 is 0 Å². The number of hydrogen-bond acceptors (Lipinski definition) is 3. The molecule has 12 heavy (non-hydrogen) atoms. The highest BCUT2D eigenvalue weighted by Crippen LogP contribution is 2.08. The zero-order chi connectivity index (χ0) is 8.97. The van der Waals surface area contributed by atoms with Crippen LogP contribution in [0.1, 0.15) is 16.3 Å². The Morgan fingerprint density at radius 3 is 2.92 bits per heavy atom. The zero-order valence-corrected chi connectivity index (χ0v) is 6.36. The SMILES string of the molecule is NCC=Cc1ccc(C(=O)O)o1. The Bertz CT molecular complexity index is 301. The lowest BCUT2D eigenvalue weighted by Crippen LogP contribution is -1.92. The summed E-state index contributed by atoms with van der Waals surface area (Å²) >= 11 is 0. The Morgan fingerprint density at radius 2 is 2.42 bits per heavy atom. The van der Waals surface area contributed by atoms with Gasteiger partial charge in [-0.1, -0.05) is 6.08 Å². The van der Waals surface area contributed by atoms with Gasteiger partial charge in [0.05, 0.1) is 0 Å². The predicted octanol–water partition coefficient (Wildman–Crippen LogP) is 0.950. The molecule has 0 aliphatic heterocycles. The number of hydrogen-bond donors (Lipinski definition) is 2. The summed E-state index contributed by atoms with van der Waals surface area (Å²) in [6.45, 7) is 0.406. The van der Waals surface area contributed by atoms with Crippen LogP contribution < -0.4 is 5.73 Å². The van der Waals surface area contributed by atoms with Crippen LogP contribution in [0.5, 0.6) is 0 Å². The van der Waals surface area contributed by atoms with Crippen molar-refractivity contribution in [3.05, 3.63) is 29.7 Å². The van der Waals surface area contributed by atoms with Gasteiger partial charge in [-0.3, -0.25) is 0 Å². The van der Waals surface area contributed by atoms with Crippen LogP contribution in [0.4, 0.5) is 0 Å². The molecule has 0 spiro atoms. The van der Waals surface area contributed by atoms with E-state index in [9.17, 15) is 4.79 Å². The van der Waals surface area contributed by atoms with Gasteiger partial charge in [0.15, 0.2) is 0 Å². The van der Waals surface area contributed by atoms with Gasteiger partial charge in [-0.2, -0.15) is 0 Å². The average Bonchev–Trinajstić information content (AvgIpc) is 2.48. The maximum absolute atomic E-state index is 10.3. The molecule has 0 unspecified atom stereocenters. The quantitative estimate of drug-likeness (QED) is 0.702. The molecular weight excluding hydrogens is 158 g/mol. The molecule has 4 heteroatoms. The fourth-order valence-electron chi connectivity index (χ4n) is 0.742. The van der Waals surface area contributed by atoms with Crippen molar-refractivity contribution in [2.75, 3.05) is 6.54 Å². The Balaban J connectivity index is 2.77. The van der Waals surface area contributed by atoms with E-state index in [4.69, 9.17) is 15.3 Å². The minimum atomic E-state index is -1.07. The van der Waals surface area contributed by atoms with Crippen molar-refractivity contribution in [1.82, 2.24) is 0 Å². The van der Waals surface area contributed by atoms with Crippen molar-refractivity contribution < 1.29 is 14.3 Å². The fourth-order valence-corrected chi connectivity index (χ4v) is 0.742. The molecule has 64 valence electrons. The van der Waals surface area contributed by atoms with E-state index in [2.05, 4.69) is 0 Å². The first kappa shape index (κ1) is 8.55. The lowest BCUT2D eigenvalue weighted by atomic mass is 10.4. The molecule has 0 atom stereocenters. The number of carbonyl (C=O) groups is 1. The van der Waals surface area contributed by atoms with Gasteiger partial charge >= 0.3 is 5.97 Å². The molecule has 1 aromatic heterocycles. The number of carboxylic acids is 1. The average molecular weight is 167 g/mol. The molecule has 0 aliphatic carbocycles. The third kappa shape index (κ3) is 1.96. The summed E-state index contributed by atoms with van der Waals surface area (Å²) in [6, 6.07) is 2.98. The summed E-state index contributed by atoms with van der Waals surface area (Å²) in [4.78, 5) is 10.3. The van der Waals surface area contributed by atoms with E-state index in [-0.39, 0.29) is 5.76 Å². The van der Waals surface area contributed by atoms with Crippen molar-refractivity contribution in [2.24, 2.45) is 5.73 Å². The van der Waals surface area contributed by atoms with Crippen LogP contribution in [-0.2, 0) is 0 Å². The van der Waals surface area contributed by atoms with E-state index in [1.54, 1.807) is 18.2 Å². The molecule has 4 nitrogen and oxygen atoms in total. The molecule has 0 aliphatic rings. The Morgan fingerprint density at radius 1 is 1.67 bits per heavy atom. The van der Waals surface area contributed by atoms with Crippen LogP contribution in [0.3, 0.4) is 0 Å². The first-order valence-electron chi connectivity index (χ1n) is 3.44. The van der Waals surface area contributed by atoms with Crippen molar-refractivity contribution in [3.8, 4) is 0 Å². The molecule has 1 aromatic rings. The maximum Gasteiger partial charge on any atom is 0.371 e. The van der Waals surface area contributed by atoms with E-state index < -0.39 is 5.97 Å². The normalized spacial score (nSPS) is 10.8. The Kier molecular flexibility index (Phi) is 2.66. The molecule has 1 heterocycles. The highest BCUT2D eigenvalue weighted by Gasteiger charge is 2.06. The van der Waals surface area contributed by atoms with Crippen LogP contribution in [0.15, 0.2) is 22.6 Å². The van der Waals surface area contributed by atoms with Crippen molar-refractivity contribution in [3.63, 3.8) is 0 Å². The monoisotopic (exact) mass is 167 g/mol. The van der Waals surface area contributed by atoms with Crippen molar-refractivity contribution >= 4 is 12.0 Å². The van der Waals surface area contributed by atoms with E-state index in [0.717, 1.165) is 0 Å². The highest BCUT2D eigenvalue weighted by molar-refractivity contribution is 5.84. The number of nitrogens with two attached hydrogens (primary N) is 1.